The Morgan fingerprint density at radius 1 is 1.20 bits per heavy atom. The topological polar surface area (TPSA) is 44.8 Å². The van der Waals surface area contributed by atoms with Crippen LogP contribution in [0.25, 0.3) is 0 Å². The lowest BCUT2D eigenvalue weighted by atomic mass is 9.77. The number of benzene rings is 1. The summed E-state index contributed by atoms with van der Waals surface area (Å²) < 4.78 is 16.6. The summed E-state index contributed by atoms with van der Waals surface area (Å²) in [6.45, 7) is 6.00. The molecule has 0 bridgehead atoms. The average Bonchev–Trinajstić information content (AvgIpc) is 2.60. The molecule has 0 saturated heterocycles. The van der Waals surface area contributed by atoms with Crippen LogP contribution in [0.1, 0.15) is 51.5 Å². The molecule has 0 fully saturated rings. The first-order chi connectivity index (χ1) is 12.0. The molecular weight excluding hydrogens is 316 g/mol. The Labute approximate surface area is 150 Å². The maximum atomic E-state index is 12.7. The largest absolute Gasteiger partial charge is 0.497 e. The maximum absolute atomic E-state index is 12.7. The van der Waals surface area contributed by atoms with Crippen LogP contribution in [0.2, 0.25) is 0 Å². The van der Waals surface area contributed by atoms with Gasteiger partial charge in [-0.3, -0.25) is 4.79 Å². The first-order valence-electron chi connectivity index (χ1n) is 8.69. The van der Waals surface area contributed by atoms with Gasteiger partial charge < -0.3 is 14.2 Å². The van der Waals surface area contributed by atoms with Crippen molar-refractivity contribution in [3.63, 3.8) is 0 Å². The number of hydrogen-bond acceptors (Lipinski definition) is 4. The summed E-state index contributed by atoms with van der Waals surface area (Å²) in [7, 11) is 3.19. The molecule has 1 unspecified atom stereocenters. The molecule has 1 aromatic carbocycles. The highest BCUT2D eigenvalue weighted by atomic mass is 16.5. The van der Waals surface area contributed by atoms with Crippen LogP contribution in [-0.2, 0) is 9.53 Å². The van der Waals surface area contributed by atoms with Crippen LogP contribution in [0.4, 0.5) is 0 Å². The number of ether oxygens (including phenoxy) is 3. The quantitative estimate of drug-likeness (QED) is 0.549. The summed E-state index contributed by atoms with van der Waals surface area (Å²) >= 11 is 0. The van der Waals surface area contributed by atoms with E-state index in [4.69, 9.17) is 14.2 Å². The zero-order valence-corrected chi connectivity index (χ0v) is 15.6. The zero-order valence-electron chi connectivity index (χ0n) is 15.6. The van der Waals surface area contributed by atoms with Gasteiger partial charge in [-0.25, -0.2) is 0 Å². The molecule has 1 aliphatic rings. The number of carbonyl (C=O) groups excluding carboxylic acids is 1. The average molecular weight is 342 g/mol. The fraction of sp³-hybridized carbons (Fsp3) is 0.476. The highest BCUT2D eigenvalue weighted by Crippen LogP contribution is 2.44. The van der Waals surface area contributed by atoms with Crippen LogP contribution >= 0.6 is 0 Å². The standard InChI is InChI=1S/C21H26O4/c1-6-7-8-9-10-16-20(22)19(21(16)25-14(2)3)17-13-15(23-4)11-12-18(17)24-5/h11-14,19H,6-8H2,1-5H3. The predicted octanol–water partition coefficient (Wildman–Crippen LogP) is 4.24. The smallest absolute Gasteiger partial charge is 0.189 e. The van der Waals surface area contributed by atoms with Crippen molar-refractivity contribution in [3.8, 4) is 23.3 Å². The van der Waals surface area contributed by atoms with Crippen molar-refractivity contribution in [3.05, 3.63) is 35.1 Å². The van der Waals surface area contributed by atoms with Crippen LogP contribution in [0, 0.1) is 11.8 Å². The molecule has 0 radical (unpaired) electrons. The van der Waals surface area contributed by atoms with E-state index >= 15 is 0 Å². The summed E-state index contributed by atoms with van der Waals surface area (Å²) in [6.07, 6.45) is 2.87. The van der Waals surface area contributed by atoms with Crippen LogP contribution in [-0.4, -0.2) is 26.1 Å². The third kappa shape index (κ3) is 4.17. The molecule has 2 rings (SSSR count). The first kappa shape index (κ1) is 18.9. The van der Waals surface area contributed by atoms with Crippen LogP contribution in [0.15, 0.2) is 29.5 Å². The molecule has 0 amide bonds. The minimum absolute atomic E-state index is 0.0220. The number of unbranched alkanes of at least 4 members (excludes halogenated alkanes) is 2. The number of allylic oxidation sites excluding steroid dienone is 2. The lowest BCUT2D eigenvalue weighted by Gasteiger charge is -2.31. The molecule has 4 nitrogen and oxygen atoms in total. The van der Waals surface area contributed by atoms with Crippen molar-refractivity contribution in [1.82, 2.24) is 0 Å². The van der Waals surface area contributed by atoms with Crippen molar-refractivity contribution < 1.29 is 19.0 Å². The van der Waals surface area contributed by atoms with Gasteiger partial charge in [-0.15, -0.1) is 0 Å². The molecule has 4 heteroatoms. The Bertz CT molecular complexity index is 719. The van der Waals surface area contributed by atoms with Gasteiger partial charge in [0.1, 0.15) is 28.7 Å². The lowest BCUT2D eigenvalue weighted by Crippen LogP contribution is -2.32. The molecule has 0 spiro atoms. The number of Topliss-reactive ketones (excluding diaryl/α,β-unsaturated/α-hetero) is 1. The van der Waals surface area contributed by atoms with Gasteiger partial charge in [0, 0.05) is 12.0 Å². The van der Waals surface area contributed by atoms with Crippen LogP contribution < -0.4 is 9.47 Å². The Kier molecular flexibility index (Phi) is 6.52. The summed E-state index contributed by atoms with van der Waals surface area (Å²) in [5.41, 5.74) is 1.24. The zero-order chi connectivity index (χ0) is 18.4. The third-order valence-corrected chi connectivity index (χ3v) is 4.00. The highest BCUT2D eigenvalue weighted by molar-refractivity contribution is 6.13. The molecule has 1 atom stereocenters. The minimum Gasteiger partial charge on any atom is -0.497 e. The van der Waals surface area contributed by atoms with Gasteiger partial charge in [-0.1, -0.05) is 25.2 Å². The SMILES string of the molecule is CCCCC#CC1=C(OC(C)C)C(c2cc(OC)ccc2OC)C1=O. The fourth-order valence-electron chi connectivity index (χ4n) is 2.72. The van der Waals surface area contributed by atoms with Gasteiger partial charge in [-0.05, 0) is 38.5 Å². The van der Waals surface area contributed by atoms with E-state index in [1.165, 1.54) is 0 Å². The van der Waals surface area contributed by atoms with E-state index < -0.39 is 5.92 Å². The fourth-order valence-corrected chi connectivity index (χ4v) is 2.72. The van der Waals surface area contributed by atoms with E-state index in [9.17, 15) is 4.79 Å². The van der Waals surface area contributed by atoms with Crippen LogP contribution in [0.5, 0.6) is 11.5 Å². The normalized spacial score (nSPS) is 16.2. The molecule has 1 aliphatic carbocycles. The predicted molar refractivity (Wildman–Crippen MR) is 97.8 cm³/mol. The number of hydrogen-bond donors (Lipinski definition) is 0. The molecule has 25 heavy (non-hydrogen) atoms. The van der Waals surface area contributed by atoms with Gasteiger partial charge in [0.15, 0.2) is 5.78 Å². The van der Waals surface area contributed by atoms with Crippen LogP contribution in [0.3, 0.4) is 0 Å². The maximum Gasteiger partial charge on any atom is 0.189 e. The van der Waals surface area contributed by atoms with Crippen molar-refractivity contribution >= 4 is 5.78 Å². The van der Waals surface area contributed by atoms with Gasteiger partial charge in [-0.2, -0.15) is 0 Å². The first-order valence-corrected chi connectivity index (χ1v) is 8.69. The summed E-state index contributed by atoms with van der Waals surface area (Å²) in [5.74, 6) is 7.53. The molecular formula is C21H26O4. The van der Waals surface area contributed by atoms with E-state index in [1.54, 1.807) is 20.3 Å². The Morgan fingerprint density at radius 3 is 2.56 bits per heavy atom. The second-order valence-corrected chi connectivity index (χ2v) is 6.22. The molecule has 0 aliphatic heterocycles. The number of methoxy groups -OCH3 is 2. The Hall–Kier alpha value is -2.41. The summed E-state index contributed by atoms with van der Waals surface area (Å²) in [5, 5.41) is 0. The second-order valence-electron chi connectivity index (χ2n) is 6.22. The molecule has 0 heterocycles. The van der Waals surface area contributed by atoms with E-state index in [2.05, 4.69) is 18.8 Å². The van der Waals surface area contributed by atoms with Crippen molar-refractivity contribution in [2.75, 3.05) is 14.2 Å². The summed E-state index contributed by atoms with van der Waals surface area (Å²) in [4.78, 5) is 12.7. The highest BCUT2D eigenvalue weighted by Gasteiger charge is 2.43. The number of rotatable bonds is 7. The Balaban J connectivity index is 2.41. The third-order valence-electron chi connectivity index (χ3n) is 4.00. The number of carbonyl (C=O) groups is 1. The molecule has 0 saturated carbocycles. The molecule has 1 aromatic rings. The van der Waals surface area contributed by atoms with Gasteiger partial charge >= 0.3 is 0 Å². The molecule has 0 N–H and O–H groups in total. The monoisotopic (exact) mass is 342 g/mol. The van der Waals surface area contributed by atoms with E-state index in [1.807, 2.05) is 26.0 Å². The lowest BCUT2D eigenvalue weighted by molar-refractivity contribution is -0.119. The van der Waals surface area contributed by atoms with E-state index in [0.29, 0.717) is 22.8 Å². The van der Waals surface area contributed by atoms with E-state index in [-0.39, 0.29) is 11.9 Å². The summed E-state index contributed by atoms with van der Waals surface area (Å²) in [6, 6.07) is 5.44. The molecule has 0 aromatic heterocycles. The van der Waals surface area contributed by atoms with Crippen molar-refractivity contribution in [2.45, 2.75) is 52.1 Å². The minimum atomic E-state index is -0.483. The van der Waals surface area contributed by atoms with Gasteiger partial charge in [0.2, 0.25) is 0 Å². The number of ketones is 1. The van der Waals surface area contributed by atoms with E-state index in [0.717, 1.165) is 24.8 Å². The van der Waals surface area contributed by atoms with Crippen molar-refractivity contribution in [2.24, 2.45) is 0 Å². The van der Waals surface area contributed by atoms with Crippen molar-refractivity contribution in [1.29, 1.82) is 0 Å². The van der Waals surface area contributed by atoms with Gasteiger partial charge in [0.05, 0.1) is 20.3 Å². The van der Waals surface area contributed by atoms with Gasteiger partial charge in [0.25, 0.3) is 0 Å². The Morgan fingerprint density at radius 2 is 1.96 bits per heavy atom. The second kappa shape index (κ2) is 8.62. The molecule has 134 valence electrons.